The summed E-state index contributed by atoms with van der Waals surface area (Å²) in [4.78, 5) is 9.44. The van der Waals surface area contributed by atoms with E-state index >= 15 is 0 Å². The van der Waals surface area contributed by atoms with Crippen molar-refractivity contribution in [3.05, 3.63) is 29.8 Å². The quantitative estimate of drug-likeness (QED) is 0.772. The highest BCUT2D eigenvalue weighted by molar-refractivity contribution is 5.72. The zero-order valence-electron chi connectivity index (χ0n) is 12.7. The van der Waals surface area contributed by atoms with E-state index in [0.29, 0.717) is 0 Å². The number of ether oxygens (including phenoxy) is 1. The molecule has 1 aromatic rings. The van der Waals surface area contributed by atoms with E-state index in [2.05, 4.69) is 20.8 Å². The Balaban J connectivity index is 0. The summed E-state index contributed by atoms with van der Waals surface area (Å²) in [6, 6.07) is 7.96. The van der Waals surface area contributed by atoms with Crippen LogP contribution >= 0.6 is 0 Å². The lowest BCUT2D eigenvalue weighted by Gasteiger charge is -1.97. The zero-order chi connectivity index (χ0) is 14.4. The van der Waals surface area contributed by atoms with Gasteiger partial charge in [0, 0.05) is 0 Å². The van der Waals surface area contributed by atoms with Crippen LogP contribution in [0.15, 0.2) is 24.3 Å². The van der Waals surface area contributed by atoms with Gasteiger partial charge in [-0.15, -0.1) is 0 Å². The van der Waals surface area contributed by atoms with Crippen molar-refractivity contribution in [3.8, 4) is 5.75 Å². The fourth-order valence-corrected chi connectivity index (χ4v) is 1.03. The summed E-state index contributed by atoms with van der Waals surface area (Å²) in [7, 11) is 1.67. The number of aryl methyl sites for hydroxylation is 1. The van der Waals surface area contributed by atoms with E-state index in [9.17, 15) is 4.79 Å². The molecule has 0 bridgehead atoms. The summed E-state index contributed by atoms with van der Waals surface area (Å²) in [5.41, 5.74) is 1.26. The monoisotopic (exact) mass is 252 g/mol. The van der Waals surface area contributed by atoms with Gasteiger partial charge >= 0.3 is 0 Å². The van der Waals surface area contributed by atoms with Crippen LogP contribution in [-0.2, 0) is 4.79 Å². The highest BCUT2D eigenvalue weighted by atomic mass is 16.5. The molecule has 0 aromatic heterocycles. The van der Waals surface area contributed by atoms with Crippen molar-refractivity contribution in [2.24, 2.45) is 0 Å². The Morgan fingerprint density at radius 3 is 1.67 bits per heavy atom. The molecule has 0 N–H and O–H groups in total. The van der Waals surface area contributed by atoms with Crippen molar-refractivity contribution in [2.75, 3.05) is 7.11 Å². The van der Waals surface area contributed by atoms with Crippen LogP contribution in [0.5, 0.6) is 5.75 Å². The standard InChI is InChI=1S/C8H10O.C5H12.C3H6O/c1-7-3-5-8(9-2)6-4-7;1-3-5-4-2;1-3(2)4/h3-6H,1-2H3;3-5H2,1-2H3;1-2H3. The van der Waals surface area contributed by atoms with Crippen LogP contribution in [0.2, 0.25) is 0 Å². The fourth-order valence-electron chi connectivity index (χ4n) is 1.03. The fraction of sp³-hybridized carbons (Fsp3) is 0.562. The lowest BCUT2D eigenvalue weighted by molar-refractivity contribution is -0.114. The molecule has 2 nitrogen and oxygen atoms in total. The van der Waals surface area contributed by atoms with Crippen molar-refractivity contribution in [2.45, 2.75) is 53.9 Å². The maximum Gasteiger partial charge on any atom is 0.126 e. The lowest BCUT2D eigenvalue weighted by Crippen LogP contribution is -1.80. The van der Waals surface area contributed by atoms with Gasteiger partial charge in [-0.25, -0.2) is 0 Å². The van der Waals surface area contributed by atoms with Crippen LogP contribution in [0.1, 0.15) is 52.5 Å². The third kappa shape index (κ3) is 17.1. The molecular weight excluding hydrogens is 224 g/mol. The highest BCUT2D eigenvalue weighted by Crippen LogP contribution is 2.09. The minimum atomic E-state index is 0.167. The van der Waals surface area contributed by atoms with Crippen LogP contribution in [0, 0.1) is 6.92 Å². The van der Waals surface area contributed by atoms with Gasteiger partial charge in [0.05, 0.1) is 7.11 Å². The van der Waals surface area contributed by atoms with Crippen molar-refractivity contribution >= 4 is 5.78 Å². The molecule has 0 radical (unpaired) electrons. The molecule has 0 saturated heterocycles. The lowest BCUT2D eigenvalue weighted by atomic mass is 10.2. The summed E-state index contributed by atoms with van der Waals surface area (Å²) >= 11 is 0. The molecule has 104 valence electrons. The third-order valence-electron chi connectivity index (χ3n) is 1.96. The second-order valence-corrected chi connectivity index (χ2v) is 4.28. The van der Waals surface area contributed by atoms with E-state index in [1.54, 1.807) is 7.11 Å². The Kier molecular flexibility index (Phi) is 14.5. The van der Waals surface area contributed by atoms with Gasteiger partial charge < -0.3 is 9.53 Å². The van der Waals surface area contributed by atoms with Gasteiger partial charge in [-0.2, -0.15) is 0 Å². The molecule has 0 aliphatic carbocycles. The molecule has 0 atom stereocenters. The first-order valence-corrected chi connectivity index (χ1v) is 6.55. The van der Waals surface area contributed by atoms with Gasteiger partial charge in [0.25, 0.3) is 0 Å². The Labute approximate surface area is 112 Å². The number of rotatable bonds is 3. The minimum absolute atomic E-state index is 0.167. The second kappa shape index (κ2) is 13.8. The SMILES string of the molecule is CC(C)=O.CCCCC.COc1ccc(C)cc1. The van der Waals surface area contributed by atoms with E-state index in [4.69, 9.17) is 4.74 Å². The largest absolute Gasteiger partial charge is 0.497 e. The summed E-state index contributed by atoms with van der Waals surface area (Å²) in [6.45, 7) is 9.53. The number of hydrogen-bond donors (Lipinski definition) is 0. The Morgan fingerprint density at radius 1 is 1.06 bits per heavy atom. The van der Waals surface area contributed by atoms with Crippen molar-refractivity contribution in [1.82, 2.24) is 0 Å². The highest BCUT2D eigenvalue weighted by Gasteiger charge is 1.85. The van der Waals surface area contributed by atoms with E-state index in [1.165, 1.54) is 38.7 Å². The molecule has 0 heterocycles. The van der Waals surface area contributed by atoms with Crippen molar-refractivity contribution in [3.63, 3.8) is 0 Å². The maximum absolute atomic E-state index is 9.44. The number of ketones is 1. The van der Waals surface area contributed by atoms with Gasteiger partial charge in [0.15, 0.2) is 0 Å². The molecule has 2 heteroatoms. The van der Waals surface area contributed by atoms with Gasteiger partial charge in [-0.05, 0) is 32.9 Å². The van der Waals surface area contributed by atoms with Gasteiger partial charge in [-0.1, -0.05) is 50.8 Å². The normalized spacial score (nSPS) is 8.33. The third-order valence-corrected chi connectivity index (χ3v) is 1.96. The number of methoxy groups -OCH3 is 1. The molecule has 0 amide bonds. The molecule has 1 aromatic carbocycles. The second-order valence-electron chi connectivity index (χ2n) is 4.28. The van der Waals surface area contributed by atoms with Gasteiger partial charge in [0.1, 0.15) is 11.5 Å². The molecule has 18 heavy (non-hydrogen) atoms. The predicted molar refractivity (Wildman–Crippen MR) is 79.3 cm³/mol. The summed E-state index contributed by atoms with van der Waals surface area (Å²) in [5.74, 6) is 1.08. The summed E-state index contributed by atoms with van der Waals surface area (Å²) in [5, 5.41) is 0. The van der Waals surface area contributed by atoms with E-state index in [0.717, 1.165) is 5.75 Å². The van der Waals surface area contributed by atoms with E-state index in [-0.39, 0.29) is 5.78 Å². The van der Waals surface area contributed by atoms with Crippen LogP contribution in [0.3, 0.4) is 0 Å². The Bertz CT molecular complexity index is 282. The molecule has 0 aliphatic heterocycles. The average Bonchev–Trinajstić information content (AvgIpc) is 2.31. The van der Waals surface area contributed by atoms with Crippen LogP contribution < -0.4 is 4.74 Å². The molecule has 0 fully saturated rings. The van der Waals surface area contributed by atoms with E-state index < -0.39 is 0 Å². The summed E-state index contributed by atoms with van der Waals surface area (Å²) < 4.78 is 4.97. The molecular formula is C16H28O2. The molecule has 0 saturated carbocycles. The maximum atomic E-state index is 9.44. The first-order chi connectivity index (χ1) is 8.47. The smallest absolute Gasteiger partial charge is 0.126 e. The zero-order valence-corrected chi connectivity index (χ0v) is 12.7. The number of carbonyl (C=O) groups is 1. The molecule has 1 rings (SSSR count). The molecule has 0 spiro atoms. The van der Waals surface area contributed by atoms with Crippen molar-refractivity contribution in [1.29, 1.82) is 0 Å². The van der Waals surface area contributed by atoms with Gasteiger partial charge in [-0.3, -0.25) is 0 Å². The first-order valence-electron chi connectivity index (χ1n) is 6.55. The topological polar surface area (TPSA) is 26.3 Å². The number of benzene rings is 1. The van der Waals surface area contributed by atoms with Crippen LogP contribution in [0.4, 0.5) is 0 Å². The first kappa shape index (κ1) is 19.0. The van der Waals surface area contributed by atoms with Crippen LogP contribution in [0.25, 0.3) is 0 Å². The number of hydrogen-bond acceptors (Lipinski definition) is 2. The Morgan fingerprint density at radius 2 is 1.44 bits per heavy atom. The summed E-state index contributed by atoms with van der Waals surface area (Å²) in [6.07, 6.45) is 4.08. The minimum Gasteiger partial charge on any atom is -0.497 e. The Hall–Kier alpha value is -1.31. The van der Waals surface area contributed by atoms with Crippen molar-refractivity contribution < 1.29 is 9.53 Å². The van der Waals surface area contributed by atoms with Crippen LogP contribution in [-0.4, -0.2) is 12.9 Å². The van der Waals surface area contributed by atoms with Gasteiger partial charge in [0.2, 0.25) is 0 Å². The molecule has 0 aliphatic rings. The molecule has 0 unspecified atom stereocenters. The number of unbranched alkanes of at least 4 members (excludes halogenated alkanes) is 2. The predicted octanol–water partition coefficient (Wildman–Crippen LogP) is 4.80. The average molecular weight is 252 g/mol. The van der Waals surface area contributed by atoms with E-state index in [1.807, 2.05) is 24.3 Å². The number of Topliss-reactive ketones (excluding diaryl/α,β-unsaturated/α-hetero) is 1. The number of carbonyl (C=O) groups excluding carboxylic acids is 1.